The summed E-state index contributed by atoms with van der Waals surface area (Å²) in [6.45, 7) is -0.289. The van der Waals surface area contributed by atoms with Gasteiger partial charge in [-0.2, -0.15) is 0 Å². The second kappa shape index (κ2) is 11.9. The third kappa shape index (κ3) is 4.95. The number of hydrogen-bond donors (Lipinski definition) is 3. The number of aliphatic hydroxyl groups excluding tert-OH is 2. The van der Waals surface area contributed by atoms with E-state index in [1.54, 1.807) is 0 Å². The van der Waals surface area contributed by atoms with Crippen molar-refractivity contribution < 1.29 is 29.2 Å². The quantitative estimate of drug-likeness (QED) is 0.199. The van der Waals surface area contributed by atoms with Crippen LogP contribution in [0, 0.1) is 0 Å². The molecule has 0 bridgehead atoms. The van der Waals surface area contributed by atoms with Crippen LogP contribution in [0.1, 0.15) is 22.9 Å². The fourth-order valence-electron chi connectivity index (χ4n) is 5.63. The molecule has 3 N–H and O–H groups in total. The summed E-state index contributed by atoms with van der Waals surface area (Å²) in [7, 11) is 2.94. The van der Waals surface area contributed by atoms with Crippen LogP contribution >= 0.6 is 0 Å². The number of nitrogens with zero attached hydrogens (tertiary/aromatic N) is 1. The van der Waals surface area contributed by atoms with E-state index < -0.39 is 47.2 Å². The van der Waals surface area contributed by atoms with E-state index in [9.17, 15) is 19.8 Å². The number of ether oxygens (including phenoxy) is 4. The van der Waals surface area contributed by atoms with Crippen LogP contribution in [0.25, 0.3) is 0 Å². The molecule has 41 heavy (non-hydrogen) atoms. The number of rotatable bonds is 10. The van der Waals surface area contributed by atoms with Gasteiger partial charge in [0, 0.05) is 26.5 Å². The van der Waals surface area contributed by atoms with E-state index in [-0.39, 0.29) is 6.61 Å². The van der Waals surface area contributed by atoms with Crippen molar-refractivity contribution in [3.8, 4) is 0 Å². The van der Waals surface area contributed by atoms with E-state index >= 15 is 0 Å². The van der Waals surface area contributed by atoms with Crippen LogP contribution in [0.4, 0.5) is 0 Å². The van der Waals surface area contributed by atoms with Gasteiger partial charge in [0.2, 0.25) is 0 Å². The third-order valence-electron chi connectivity index (χ3n) is 7.52. The van der Waals surface area contributed by atoms with E-state index in [2.05, 4.69) is 4.98 Å². The zero-order valence-corrected chi connectivity index (χ0v) is 22.6. The molecule has 0 saturated carbocycles. The number of methoxy groups -OCH3 is 2. The minimum atomic E-state index is -1.81. The maximum atomic E-state index is 12.4. The molecule has 3 aromatic carbocycles. The molecule has 0 aliphatic carbocycles. The predicted octanol–water partition coefficient (Wildman–Crippen LogP) is 2.15. The van der Waals surface area contributed by atoms with Crippen LogP contribution in [0.3, 0.4) is 0 Å². The largest absolute Gasteiger partial charge is 0.387 e. The molecule has 0 radical (unpaired) electrons. The summed E-state index contributed by atoms with van der Waals surface area (Å²) in [5, 5.41) is 21.7. The SMILES string of the molecule is COC(OC)(OC[C@H]1O[C@@H](n2ccc(=O)[nH]c2=O)[C@H](O)[C@@H]1O)C(c1ccccc1)(c1ccccc1)c1ccccc1. The van der Waals surface area contributed by atoms with Crippen molar-refractivity contribution in [2.75, 3.05) is 20.8 Å². The van der Waals surface area contributed by atoms with Gasteiger partial charge in [-0.1, -0.05) is 91.0 Å². The van der Waals surface area contributed by atoms with Gasteiger partial charge in [-0.05, 0) is 16.7 Å². The molecule has 1 aliphatic rings. The summed E-state index contributed by atoms with van der Waals surface area (Å²) in [6.07, 6.45) is -4.05. The van der Waals surface area contributed by atoms with Crippen LogP contribution in [0.15, 0.2) is 113 Å². The molecule has 0 amide bonds. The van der Waals surface area contributed by atoms with Crippen molar-refractivity contribution in [2.24, 2.45) is 0 Å². The molecular formula is C31H32N2O8. The zero-order chi connectivity index (χ0) is 29.0. The summed E-state index contributed by atoms with van der Waals surface area (Å²) < 4.78 is 25.7. The Hall–Kier alpha value is -3.90. The normalized spacial score (nSPS) is 21.2. The van der Waals surface area contributed by atoms with Crippen molar-refractivity contribution in [1.82, 2.24) is 9.55 Å². The number of hydrogen-bond acceptors (Lipinski definition) is 8. The van der Waals surface area contributed by atoms with E-state index in [0.29, 0.717) is 0 Å². The summed E-state index contributed by atoms with van der Waals surface area (Å²) in [4.78, 5) is 26.0. The molecule has 0 unspecified atom stereocenters. The summed E-state index contributed by atoms with van der Waals surface area (Å²) in [5.41, 5.74) is -0.125. The van der Waals surface area contributed by atoms with E-state index in [1.165, 1.54) is 20.4 Å². The van der Waals surface area contributed by atoms with Gasteiger partial charge in [-0.25, -0.2) is 4.79 Å². The molecule has 2 heterocycles. The summed E-state index contributed by atoms with van der Waals surface area (Å²) >= 11 is 0. The van der Waals surface area contributed by atoms with Crippen molar-refractivity contribution in [1.29, 1.82) is 0 Å². The maximum Gasteiger partial charge on any atom is 0.330 e. The van der Waals surface area contributed by atoms with Crippen LogP contribution in [0.2, 0.25) is 0 Å². The maximum absolute atomic E-state index is 12.4. The number of H-pyrrole nitrogens is 1. The smallest absolute Gasteiger partial charge is 0.330 e. The number of benzene rings is 3. The molecule has 214 valence electrons. The van der Waals surface area contributed by atoms with Crippen molar-refractivity contribution in [3.63, 3.8) is 0 Å². The molecule has 10 heteroatoms. The Morgan fingerprint density at radius 1 is 0.780 bits per heavy atom. The van der Waals surface area contributed by atoms with Gasteiger partial charge in [0.05, 0.1) is 6.61 Å². The lowest BCUT2D eigenvalue weighted by Crippen LogP contribution is -2.58. The molecule has 1 saturated heterocycles. The predicted molar refractivity (Wildman–Crippen MR) is 149 cm³/mol. The summed E-state index contributed by atoms with van der Waals surface area (Å²) in [5.74, 6) is -1.81. The Balaban J connectivity index is 1.59. The lowest BCUT2D eigenvalue weighted by Gasteiger charge is -2.48. The lowest BCUT2D eigenvalue weighted by molar-refractivity contribution is -0.389. The highest BCUT2D eigenvalue weighted by Crippen LogP contribution is 2.50. The van der Waals surface area contributed by atoms with Crippen molar-refractivity contribution in [2.45, 2.75) is 35.9 Å². The van der Waals surface area contributed by atoms with Crippen LogP contribution in [-0.4, -0.2) is 64.9 Å². The standard InChI is InChI=1S/C31H32N2O8/c1-38-31(39-2,40-20-24-26(35)27(36)28(41-24)33-19-18-25(34)32-29(33)37)30(21-12-6-3-7-13-21,22-14-8-4-9-15-22)23-16-10-5-11-17-23/h3-19,24,26-28,35-36H,20H2,1-2H3,(H,32,34,37)/t24-,26-,27-,28-/m1/s1. The zero-order valence-electron chi connectivity index (χ0n) is 22.6. The lowest BCUT2D eigenvalue weighted by atomic mass is 9.67. The number of nitrogens with one attached hydrogen (secondary N) is 1. The summed E-state index contributed by atoms with van der Waals surface area (Å²) in [6, 6.07) is 30.1. The molecular weight excluding hydrogens is 528 g/mol. The second-order valence-corrected chi connectivity index (χ2v) is 9.69. The molecule has 4 aromatic rings. The highest BCUT2D eigenvalue weighted by Gasteiger charge is 2.59. The Kier molecular flexibility index (Phi) is 8.32. The van der Waals surface area contributed by atoms with Gasteiger partial charge in [0.15, 0.2) is 6.23 Å². The van der Waals surface area contributed by atoms with Crippen molar-refractivity contribution in [3.05, 3.63) is 141 Å². The monoisotopic (exact) mass is 560 g/mol. The van der Waals surface area contributed by atoms with Crippen LogP contribution in [-0.2, 0) is 24.4 Å². The number of aliphatic hydroxyl groups is 2. The molecule has 5 rings (SSSR count). The Bertz CT molecular complexity index is 1440. The Morgan fingerprint density at radius 2 is 1.27 bits per heavy atom. The fourth-order valence-corrected chi connectivity index (χ4v) is 5.63. The van der Waals surface area contributed by atoms with E-state index in [0.717, 1.165) is 27.3 Å². The average Bonchev–Trinajstić information content (AvgIpc) is 3.29. The second-order valence-electron chi connectivity index (χ2n) is 9.69. The number of aromatic nitrogens is 2. The Morgan fingerprint density at radius 3 is 1.71 bits per heavy atom. The fraction of sp³-hybridized carbons (Fsp3) is 0.290. The first kappa shape index (κ1) is 28.6. The number of aromatic amines is 1. The average molecular weight is 561 g/mol. The van der Waals surface area contributed by atoms with Gasteiger partial charge in [-0.3, -0.25) is 14.3 Å². The van der Waals surface area contributed by atoms with Gasteiger partial charge >= 0.3 is 11.7 Å². The Labute approximate surface area is 236 Å². The van der Waals surface area contributed by atoms with E-state index in [4.69, 9.17) is 18.9 Å². The molecule has 4 atom stereocenters. The van der Waals surface area contributed by atoms with Gasteiger partial charge < -0.3 is 29.2 Å². The highest BCUT2D eigenvalue weighted by molar-refractivity contribution is 5.52. The van der Waals surface area contributed by atoms with Crippen LogP contribution < -0.4 is 11.2 Å². The molecule has 1 aliphatic heterocycles. The van der Waals surface area contributed by atoms with Gasteiger partial charge in [0.1, 0.15) is 23.7 Å². The van der Waals surface area contributed by atoms with Gasteiger partial charge in [-0.15, -0.1) is 0 Å². The first-order chi connectivity index (χ1) is 19.9. The topological polar surface area (TPSA) is 132 Å². The first-order valence-corrected chi connectivity index (χ1v) is 13.1. The minimum Gasteiger partial charge on any atom is -0.387 e. The molecule has 10 nitrogen and oxygen atoms in total. The molecule has 0 spiro atoms. The highest BCUT2D eigenvalue weighted by atomic mass is 16.9. The molecule has 1 fully saturated rings. The van der Waals surface area contributed by atoms with Crippen molar-refractivity contribution >= 4 is 0 Å². The minimum absolute atomic E-state index is 0.289. The first-order valence-electron chi connectivity index (χ1n) is 13.1. The molecule has 1 aromatic heterocycles. The van der Waals surface area contributed by atoms with Crippen LogP contribution in [0.5, 0.6) is 0 Å². The van der Waals surface area contributed by atoms with Gasteiger partial charge in [0.25, 0.3) is 5.56 Å². The third-order valence-corrected chi connectivity index (χ3v) is 7.52. The van der Waals surface area contributed by atoms with E-state index in [1.807, 2.05) is 91.0 Å².